The van der Waals surface area contributed by atoms with E-state index in [-0.39, 0.29) is 24.4 Å². The van der Waals surface area contributed by atoms with Gasteiger partial charge in [-0.15, -0.1) is 12.4 Å². The minimum atomic E-state index is -0.0679. The summed E-state index contributed by atoms with van der Waals surface area (Å²) in [5.74, 6) is 0.804. The summed E-state index contributed by atoms with van der Waals surface area (Å²) in [5.41, 5.74) is 8.31. The molecule has 0 aliphatic carbocycles. The molecular weight excluding hydrogens is 312 g/mol. The quantitative estimate of drug-likeness (QED) is 0.794. The van der Waals surface area contributed by atoms with Gasteiger partial charge in [-0.1, -0.05) is 24.3 Å². The Morgan fingerprint density at radius 1 is 1.22 bits per heavy atom. The number of benzene rings is 2. The van der Waals surface area contributed by atoms with Crippen LogP contribution in [0.5, 0.6) is 5.75 Å². The molecule has 1 unspecified atom stereocenters. The minimum Gasteiger partial charge on any atom is -0.494 e. The van der Waals surface area contributed by atoms with E-state index in [1.165, 1.54) is 0 Å². The predicted octanol–water partition coefficient (Wildman–Crippen LogP) is 3.51. The van der Waals surface area contributed by atoms with E-state index >= 15 is 0 Å². The van der Waals surface area contributed by atoms with Crippen molar-refractivity contribution < 1.29 is 9.53 Å². The summed E-state index contributed by atoms with van der Waals surface area (Å²) in [6.45, 7) is 4.54. The first-order chi connectivity index (χ1) is 10.6. The molecule has 0 saturated heterocycles. The summed E-state index contributed by atoms with van der Waals surface area (Å²) >= 11 is 0. The fourth-order valence-electron chi connectivity index (χ4n) is 2.24. The van der Waals surface area contributed by atoms with Gasteiger partial charge < -0.3 is 15.8 Å². The summed E-state index contributed by atoms with van der Waals surface area (Å²) < 4.78 is 5.48. The van der Waals surface area contributed by atoms with E-state index in [0.29, 0.717) is 18.7 Å². The topological polar surface area (TPSA) is 64.3 Å². The third-order valence-electron chi connectivity index (χ3n) is 3.39. The summed E-state index contributed by atoms with van der Waals surface area (Å²) in [6.07, 6.45) is 0.343. The van der Waals surface area contributed by atoms with Gasteiger partial charge in [0.2, 0.25) is 5.91 Å². The van der Waals surface area contributed by atoms with Crippen LogP contribution in [0.15, 0.2) is 48.5 Å². The fraction of sp³-hybridized carbons (Fsp3) is 0.278. The second-order valence-electron chi connectivity index (χ2n) is 5.21. The number of ether oxygens (including phenoxy) is 1. The molecule has 0 aliphatic heterocycles. The lowest BCUT2D eigenvalue weighted by atomic mass is 10.1. The number of halogens is 1. The van der Waals surface area contributed by atoms with Crippen molar-refractivity contribution in [2.24, 2.45) is 0 Å². The van der Waals surface area contributed by atoms with Crippen molar-refractivity contribution in [3.05, 3.63) is 59.7 Å². The van der Waals surface area contributed by atoms with Gasteiger partial charge in [-0.25, -0.2) is 0 Å². The average molecular weight is 335 g/mol. The van der Waals surface area contributed by atoms with Gasteiger partial charge in [0.1, 0.15) is 5.75 Å². The lowest BCUT2D eigenvalue weighted by Crippen LogP contribution is -2.28. The maximum Gasteiger partial charge on any atom is 0.224 e. The van der Waals surface area contributed by atoms with Gasteiger partial charge in [0, 0.05) is 5.69 Å². The zero-order chi connectivity index (χ0) is 15.9. The van der Waals surface area contributed by atoms with E-state index in [4.69, 9.17) is 10.5 Å². The number of rotatable bonds is 6. The summed E-state index contributed by atoms with van der Waals surface area (Å²) in [4.78, 5) is 12.1. The van der Waals surface area contributed by atoms with Crippen molar-refractivity contribution in [1.29, 1.82) is 0 Å². The molecular formula is C18H23ClN2O2. The molecule has 0 fully saturated rings. The SMILES string of the molecule is CCOc1cccc(C(C)NC(=O)Cc2ccc(N)cc2)c1.Cl. The van der Waals surface area contributed by atoms with Crippen LogP contribution >= 0.6 is 12.4 Å². The van der Waals surface area contributed by atoms with E-state index in [2.05, 4.69) is 5.32 Å². The average Bonchev–Trinajstić information content (AvgIpc) is 2.50. The van der Waals surface area contributed by atoms with Crippen molar-refractivity contribution >= 4 is 24.0 Å². The number of carbonyl (C=O) groups excluding carboxylic acids is 1. The highest BCUT2D eigenvalue weighted by molar-refractivity contribution is 5.85. The molecule has 4 nitrogen and oxygen atoms in total. The standard InChI is InChI=1S/C18H22N2O2.ClH/c1-3-22-17-6-4-5-15(12-17)13(2)20-18(21)11-14-7-9-16(19)10-8-14;/h4-10,12-13H,3,11,19H2,1-2H3,(H,20,21);1H. The first-order valence-corrected chi connectivity index (χ1v) is 7.45. The molecule has 2 aromatic carbocycles. The zero-order valence-corrected chi connectivity index (χ0v) is 14.2. The fourth-order valence-corrected chi connectivity index (χ4v) is 2.24. The monoisotopic (exact) mass is 334 g/mol. The second kappa shape index (κ2) is 9.06. The van der Waals surface area contributed by atoms with Gasteiger partial charge in [0.25, 0.3) is 0 Å². The van der Waals surface area contributed by atoms with Crippen molar-refractivity contribution in [3.8, 4) is 5.75 Å². The Morgan fingerprint density at radius 3 is 2.57 bits per heavy atom. The number of nitrogens with two attached hydrogens (primary N) is 1. The smallest absolute Gasteiger partial charge is 0.224 e. The van der Waals surface area contributed by atoms with E-state index in [0.717, 1.165) is 16.9 Å². The highest BCUT2D eigenvalue weighted by Crippen LogP contribution is 2.19. The molecule has 0 heterocycles. The van der Waals surface area contributed by atoms with Crippen molar-refractivity contribution in [2.45, 2.75) is 26.3 Å². The number of amides is 1. The largest absolute Gasteiger partial charge is 0.494 e. The van der Waals surface area contributed by atoms with Gasteiger partial charge in [-0.3, -0.25) is 4.79 Å². The summed E-state index contributed by atoms with van der Waals surface area (Å²) in [6, 6.07) is 15.1. The minimum absolute atomic E-state index is 0. The molecule has 0 radical (unpaired) electrons. The van der Waals surface area contributed by atoms with Gasteiger partial charge in [-0.2, -0.15) is 0 Å². The number of hydrogen-bond donors (Lipinski definition) is 2. The van der Waals surface area contributed by atoms with Crippen LogP contribution in [-0.2, 0) is 11.2 Å². The van der Waals surface area contributed by atoms with Crippen LogP contribution < -0.4 is 15.8 Å². The molecule has 124 valence electrons. The second-order valence-corrected chi connectivity index (χ2v) is 5.21. The van der Waals surface area contributed by atoms with Crippen molar-refractivity contribution in [3.63, 3.8) is 0 Å². The van der Waals surface area contributed by atoms with Crippen molar-refractivity contribution in [1.82, 2.24) is 5.32 Å². The molecule has 2 rings (SSSR count). The molecule has 5 heteroatoms. The Morgan fingerprint density at radius 2 is 1.91 bits per heavy atom. The van der Waals surface area contributed by atoms with Crippen LogP contribution in [0.25, 0.3) is 0 Å². The molecule has 0 spiro atoms. The van der Waals surface area contributed by atoms with E-state index < -0.39 is 0 Å². The Hall–Kier alpha value is -2.20. The third-order valence-corrected chi connectivity index (χ3v) is 3.39. The normalized spacial score (nSPS) is 11.2. The van der Waals surface area contributed by atoms with E-state index in [1.807, 2.05) is 50.2 Å². The molecule has 0 aliphatic rings. The maximum atomic E-state index is 12.1. The van der Waals surface area contributed by atoms with Crippen LogP contribution in [0.3, 0.4) is 0 Å². The van der Waals surface area contributed by atoms with Crippen LogP contribution in [0.4, 0.5) is 5.69 Å². The highest BCUT2D eigenvalue weighted by Gasteiger charge is 2.11. The third kappa shape index (κ3) is 5.83. The van der Waals surface area contributed by atoms with Crippen LogP contribution in [0.2, 0.25) is 0 Å². The molecule has 2 aromatic rings. The number of hydrogen-bond acceptors (Lipinski definition) is 3. The number of carbonyl (C=O) groups is 1. The Kier molecular flexibility index (Phi) is 7.42. The first kappa shape index (κ1) is 18.8. The summed E-state index contributed by atoms with van der Waals surface area (Å²) in [5, 5.41) is 3.00. The van der Waals surface area contributed by atoms with E-state index in [9.17, 15) is 4.79 Å². The number of nitrogens with one attached hydrogen (secondary N) is 1. The van der Waals surface area contributed by atoms with Gasteiger partial charge in [-0.05, 0) is 49.2 Å². The van der Waals surface area contributed by atoms with Gasteiger partial charge in [0.15, 0.2) is 0 Å². The predicted molar refractivity (Wildman–Crippen MR) is 96.0 cm³/mol. The molecule has 3 N–H and O–H groups in total. The number of nitrogen functional groups attached to an aromatic ring is 1. The zero-order valence-electron chi connectivity index (χ0n) is 13.4. The summed E-state index contributed by atoms with van der Waals surface area (Å²) in [7, 11) is 0. The van der Waals surface area contributed by atoms with E-state index in [1.54, 1.807) is 12.1 Å². The molecule has 0 aromatic heterocycles. The van der Waals surface area contributed by atoms with Gasteiger partial charge in [0.05, 0.1) is 19.1 Å². The molecule has 23 heavy (non-hydrogen) atoms. The Labute approximate surface area is 143 Å². The van der Waals surface area contributed by atoms with Crippen LogP contribution in [0, 0.1) is 0 Å². The van der Waals surface area contributed by atoms with Crippen LogP contribution in [-0.4, -0.2) is 12.5 Å². The van der Waals surface area contributed by atoms with Crippen molar-refractivity contribution in [2.75, 3.05) is 12.3 Å². The highest BCUT2D eigenvalue weighted by atomic mass is 35.5. The van der Waals surface area contributed by atoms with Crippen LogP contribution in [0.1, 0.15) is 31.0 Å². The molecule has 1 amide bonds. The van der Waals surface area contributed by atoms with Gasteiger partial charge >= 0.3 is 0 Å². The molecule has 1 atom stereocenters. The first-order valence-electron chi connectivity index (χ1n) is 7.45. The Balaban J connectivity index is 0.00000264. The number of anilines is 1. The Bertz CT molecular complexity index is 629. The lowest BCUT2D eigenvalue weighted by Gasteiger charge is -2.15. The molecule has 0 saturated carbocycles. The molecule has 0 bridgehead atoms. The maximum absolute atomic E-state index is 12.1. The lowest BCUT2D eigenvalue weighted by molar-refractivity contribution is -0.121.